The van der Waals surface area contributed by atoms with Gasteiger partial charge < -0.3 is 14.2 Å². The Bertz CT molecular complexity index is 1610. The Morgan fingerprint density at radius 2 is 0.606 bits per heavy atom. The SMILES string of the molecule is CC(C)C(=O)C(C)(C)C(=O)OC(=O)C(C)(C)C(=O)C(C)C.CCCC(=O)C(CC)C(=O)OC(=O)C(CC)C(=O)CCC.CCCCCC(=O)C(CCCC)C(=O)OC(=O)C(CCCC)C(=O)CCCCC. The quantitative estimate of drug-likeness (QED) is 0.0252. The molecule has 0 aliphatic heterocycles. The summed E-state index contributed by atoms with van der Waals surface area (Å²) in [6.45, 7) is 27.5. The second-order valence-corrected chi connectivity index (χ2v) is 20.0. The standard InChI is InChI=1S/C24H42O5.2C16H26O5/c1-5-9-13-17-21(25)19(15-11-7-3)23(27)29-24(28)20(16-12-8-4)22(26)18-14-10-6-2;1-9(2)11(17)15(5,6)13(19)21-14(20)16(7,8)12(18)10(3)4;1-5-9-13(17)11(7-3)15(19)21-16(20)12(8-4)14(18)10-6-2/h19-20H,5-18H2,1-4H3;9-10H,1-8H3;11-12H,5-10H2,1-4H3. The number of rotatable bonds is 34. The molecule has 0 saturated heterocycles. The first-order valence-electron chi connectivity index (χ1n) is 26.6. The fourth-order valence-corrected chi connectivity index (χ4v) is 7.44. The van der Waals surface area contributed by atoms with E-state index >= 15 is 0 Å². The van der Waals surface area contributed by atoms with Crippen molar-refractivity contribution in [3.05, 3.63) is 0 Å². The third-order valence-electron chi connectivity index (χ3n) is 12.1. The number of esters is 6. The van der Waals surface area contributed by atoms with Crippen molar-refractivity contribution in [1.82, 2.24) is 0 Å². The Balaban J connectivity index is -0.000000997. The Morgan fingerprint density at radius 3 is 0.845 bits per heavy atom. The first-order valence-corrected chi connectivity index (χ1v) is 26.6. The third-order valence-corrected chi connectivity index (χ3v) is 12.1. The highest BCUT2D eigenvalue weighted by Gasteiger charge is 2.45. The van der Waals surface area contributed by atoms with E-state index in [9.17, 15) is 57.5 Å². The summed E-state index contributed by atoms with van der Waals surface area (Å²) < 4.78 is 14.7. The largest absolute Gasteiger partial charge is 0.392 e. The summed E-state index contributed by atoms with van der Waals surface area (Å²) >= 11 is 0. The van der Waals surface area contributed by atoms with Crippen molar-refractivity contribution in [2.45, 2.75) is 239 Å². The summed E-state index contributed by atoms with van der Waals surface area (Å²) in [6, 6.07) is 0. The topological polar surface area (TPSA) is 233 Å². The van der Waals surface area contributed by atoms with Crippen LogP contribution in [0, 0.1) is 46.3 Å². The zero-order chi connectivity index (χ0) is 55.7. The van der Waals surface area contributed by atoms with Crippen LogP contribution >= 0.6 is 0 Å². The Hall–Kier alpha value is -4.56. The molecule has 15 heteroatoms. The van der Waals surface area contributed by atoms with Crippen LogP contribution in [0.25, 0.3) is 0 Å². The molecule has 0 aromatic rings. The molecule has 0 amide bonds. The molecule has 0 rings (SSSR count). The molecule has 15 nitrogen and oxygen atoms in total. The van der Waals surface area contributed by atoms with Crippen molar-refractivity contribution < 1.29 is 71.7 Å². The molecular formula is C56H94O15. The summed E-state index contributed by atoms with van der Waals surface area (Å²) in [5.41, 5.74) is -2.83. The molecule has 0 heterocycles. The average molecular weight is 1010 g/mol. The lowest BCUT2D eigenvalue weighted by atomic mass is 9.81. The van der Waals surface area contributed by atoms with Gasteiger partial charge in [-0.25, -0.2) is 0 Å². The average Bonchev–Trinajstić information content (AvgIpc) is 3.29. The van der Waals surface area contributed by atoms with Crippen molar-refractivity contribution in [3.8, 4) is 0 Å². The molecule has 4 unspecified atom stereocenters. The van der Waals surface area contributed by atoms with Crippen LogP contribution in [0.5, 0.6) is 0 Å². The molecule has 0 bridgehead atoms. The monoisotopic (exact) mass is 1010 g/mol. The molecule has 408 valence electrons. The molecule has 0 saturated carbocycles. The number of hydrogen-bond donors (Lipinski definition) is 0. The molecule has 71 heavy (non-hydrogen) atoms. The van der Waals surface area contributed by atoms with Crippen LogP contribution in [0.1, 0.15) is 239 Å². The summed E-state index contributed by atoms with van der Waals surface area (Å²) in [7, 11) is 0. The van der Waals surface area contributed by atoms with E-state index in [4.69, 9.17) is 14.2 Å². The van der Waals surface area contributed by atoms with Gasteiger partial charge in [0.05, 0.1) is 0 Å². The molecule has 0 aromatic carbocycles. The predicted molar refractivity (Wildman–Crippen MR) is 272 cm³/mol. The maximum atomic E-state index is 12.6. The van der Waals surface area contributed by atoms with Gasteiger partial charge in [0.25, 0.3) is 0 Å². The van der Waals surface area contributed by atoms with Crippen molar-refractivity contribution in [2.24, 2.45) is 46.3 Å². The van der Waals surface area contributed by atoms with Crippen LogP contribution in [0.2, 0.25) is 0 Å². The van der Waals surface area contributed by atoms with Gasteiger partial charge in [-0.15, -0.1) is 0 Å². The fraction of sp³-hybridized carbons (Fsp3) is 0.786. The van der Waals surface area contributed by atoms with E-state index in [1.807, 2.05) is 27.7 Å². The minimum Gasteiger partial charge on any atom is -0.392 e. The van der Waals surface area contributed by atoms with Crippen LogP contribution < -0.4 is 0 Å². The third kappa shape index (κ3) is 26.6. The fourth-order valence-electron chi connectivity index (χ4n) is 7.44. The summed E-state index contributed by atoms with van der Waals surface area (Å²) in [5.74, 6) is -10.7. The van der Waals surface area contributed by atoms with Crippen molar-refractivity contribution >= 4 is 70.5 Å². The van der Waals surface area contributed by atoms with Crippen LogP contribution in [0.15, 0.2) is 0 Å². The van der Waals surface area contributed by atoms with Gasteiger partial charge in [0.15, 0.2) is 11.6 Å². The minimum absolute atomic E-state index is 0.149. The molecule has 0 N–H and O–H groups in total. The van der Waals surface area contributed by atoms with Crippen molar-refractivity contribution in [1.29, 1.82) is 0 Å². The zero-order valence-corrected chi connectivity index (χ0v) is 46.7. The molecule has 0 spiro atoms. The number of ether oxygens (including phenoxy) is 3. The highest BCUT2D eigenvalue weighted by atomic mass is 16.6. The van der Waals surface area contributed by atoms with Crippen molar-refractivity contribution in [3.63, 3.8) is 0 Å². The predicted octanol–water partition coefficient (Wildman–Crippen LogP) is 11.4. The lowest BCUT2D eigenvalue weighted by Crippen LogP contribution is -2.43. The summed E-state index contributed by atoms with van der Waals surface area (Å²) in [5, 5.41) is 0. The van der Waals surface area contributed by atoms with Gasteiger partial charge in [-0.3, -0.25) is 57.5 Å². The Morgan fingerprint density at radius 1 is 0.338 bits per heavy atom. The van der Waals surface area contributed by atoms with Gasteiger partial charge in [-0.2, -0.15) is 0 Å². The highest BCUT2D eigenvalue weighted by Crippen LogP contribution is 2.28. The zero-order valence-electron chi connectivity index (χ0n) is 46.7. The lowest BCUT2D eigenvalue weighted by molar-refractivity contribution is -0.175. The minimum atomic E-state index is -1.42. The first kappa shape index (κ1) is 70.7. The summed E-state index contributed by atoms with van der Waals surface area (Å²) in [4.78, 5) is 146. The van der Waals surface area contributed by atoms with E-state index < -0.39 is 70.3 Å². The maximum absolute atomic E-state index is 12.6. The lowest BCUT2D eigenvalue weighted by Gasteiger charge is -2.26. The number of Topliss-reactive ketones (excluding diaryl/α,β-unsaturated/α-hetero) is 6. The molecule has 0 aliphatic carbocycles. The van der Waals surface area contributed by atoms with Gasteiger partial charge in [0.1, 0.15) is 57.6 Å². The molecular weight excluding hydrogens is 913 g/mol. The van der Waals surface area contributed by atoms with Crippen LogP contribution in [-0.2, 0) is 71.7 Å². The van der Waals surface area contributed by atoms with Gasteiger partial charge >= 0.3 is 35.8 Å². The molecule has 0 aliphatic rings. The smallest absolute Gasteiger partial charge is 0.326 e. The van der Waals surface area contributed by atoms with E-state index in [0.29, 0.717) is 51.4 Å². The van der Waals surface area contributed by atoms with E-state index in [0.717, 1.165) is 64.2 Å². The van der Waals surface area contributed by atoms with Crippen LogP contribution in [0.4, 0.5) is 0 Å². The molecule has 4 atom stereocenters. The summed E-state index contributed by atoms with van der Waals surface area (Å²) in [6.07, 6.45) is 12.4. The number of unbranched alkanes of at least 4 members (excludes halogenated alkanes) is 6. The van der Waals surface area contributed by atoms with E-state index in [1.165, 1.54) is 27.7 Å². The highest BCUT2D eigenvalue weighted by molar-refractivity contribution is 6.11. The van der Waals surface area contributed by atoms with Gasteiger partial charge in [-0.05, 0) is 79.1 Å². The molecule has 0 aromatic heterocycles. The van der Waals surface area contributed by atoms with Gasteiger partial charge in [0.2, 0.25) is 0 Å². The van der Waals surface area contributed by atoms with Crippen molar-refractivity contribution in [2.75, 3.05) is 0 Å². The first-order chi connectivity index (χ1) is 33.1. The Labute approximate surface area is 426 Å². The second kappa shape index (κ2) is 38.1. The number of hydrogen-bond acceptors (Lipinski definition) is 15. The van der Waals surface area contributed by atoms with Gasteiger partial charge in [0, 0.05) is 37.5 Å². The van der Waals surface area contributed by atoms with Gasteiger partial charge in [-0.1, -0.05) is 134 Å². The molecule has 0 fully saturated rings. The number of ketones is 6. The maximum Gasteiger partial charge on any atom is 0.326 e. The van der Waals surface area contributed by atoms with Crippen LogP contribution in [0.3, 0.4) is 0 Å². The van der Waals surface area contributed by atoms with E-state index in [-0.39, 0.29) is 59.4 Å². The van der Waals surface area contributed by atoms with E-state index in [1.54, 1.807) is 41.5 Å². The van der Waals surface area contributed by atoms with Crippen LogP contribution in [-0.4, -0.2) is 70.5 Å². The Kier molecular flexibility index (Phi) is 37.9. The van der Waals surface area contributed by atoms with E-state index in [2.05, 4.69) is 13.8 Å². The number of carbonyl (C=O) groups excluding carboxylic acids is 12. The second-order valence-electron chi connectivity index (χ2n) is 20.0. The number of carbonyl (C=O) groups is 12. The normalized spacial score (nSPS) is 12.9. The molecule has 0 radical (unpaired) electrons.